The third-order valence-electron chi connectivity index (χ3n) is 5.48. The number of nitrogens with one attached hydrogen (secondary N) is 1. The number of para-hydroxylation sites is 1. The van der Waals surface area contributed by atoms with Crippen molar-refractivity contribution in [1.82, 2.24) is 15.2 Å². The van der Waals surface area contributed by atoms with Gasteiger partial charge >= 0.3 is 0 Å². The van der Waals surface area contributed by atoms with E-state index >= 15 is 0 Å². The summed E-state index contributed by atoms with van der Waals surface area (Å²) in [5, 5.41) is 3.83. The molecule has 1 N–H and O–H groups in total. The highest BCUT2D eigenvalue weighted by Crippen LogP contribution is 2.23. The number of hydrogen-bond donors (Lipinski definition) is 1. The average molecular weight is 387 g/mol. The molecule has 1 atom stereocenters. The molecule has 5 nitrogen and oxygen atoms in total. The Morgan fingerprint density at radius 2 is 1.90 bits per heavy atom. The number of carbonyl (C=O) groups excluding carboxylic acids is 2. The van der Waals surface area contributed by atoms with Crippen LogP contribution in [0.2, 0.25) is 0 Å². The van der Waals surface area contributed by atoms with Crippen LogP contribution in [-0.2, 0) is 4.79 Å². The van der Waals surface area contributed by atoms with Crippen molar-refractivity contribution in [3.8, 4) is 11.1 Å². The van der Waals surface area contributed by atoms with E-state index in [9.17, 15) is 9.59 Å². The lowest BCUT2D eigenvalue weighted by atomic mass is 10.0. The second kappa shape index (κ2) is 8.43. The van der Waals surface area contributed by atoms with Gasteiger partial charge in [0.25, 0.3) is 5.91 Å². The third-order valence-corrected chi connectivity index (χ3v) is 5.48. The first-order valence-electron chi connectivity index (χ1n) is 10.1. The van der Waals surface area contributed by atoms with Crippen LogP contribution in [0.4, 0.5) is 0 Å². The van der Waals surface area contributed by atoms with E-state index in [0.717, 1.165) is 48.0 Å². The van der Waals surface area contributed by atoms with E-state index in [0.29, 0.717) is 11.5 Å². The first-order valence-corrected chi connectivity index (χ1v) is 10.1. The van der Waals surface area contributed by atoms with Crippen LogP contribution < -0.4 is 5.32 Å². The Hall–Kier alpha value is -3.21. The van der Waals surface area contributed by atoms with Crippen molar-refractivity contribution in [3.63, 3.8) is 0 Å². The van der Waals surface area contributed by atoms with Gasteiger partial charge in [0.15, 0.2) is 0 Å². The van der Waals surface area contributed by atoms with Gasteiger partial charge in [-0.05, 0) is 48.6 Å². The molecule has 1 fully saturated rings. The minimum Gasteiger partial charge on any atom is -0.343 e. The lowest BCUT2D eigenvalue weighted by molar-refractivity contribution is -0.131. The Bertz CT molecular complexity index is 1030. The normalized spacial score (nSPS) is 16.6. The minimum absolute atomic E-state index is 0.0104. The second-order valence-corrected chi connectivity index (χ2v) is 7.76. The summed E-state index contributed by atoms with van der Waals surface area (Å²) in [5.74, 6) is 0.288. The molecule has 3 aromatic rings. The van der Waals surface area contributed by atoms with Crippen molar-refractivity contribution in [1.29, 1.82) is 0 Å². The SMILES string of the molecule is CC1CCCN(C(=O)CNC(=O)c2ccc(-c3cnc4ccccc4c3)cc2)C1. The molecule has 5 heteroatoms. The van der Waals surface area contributed by atoms with Gasteiger partial charge < -0.3 is 10.2 Å². The van der Waals surface area contributed by atoms with Crippen LogP contribution in [0.5, 0.6) is 0 Å². The monoisotopic (exact) mass is 387 g/mol. The van der Waals surface area contributed by atoms with Gasteiger partial charge in [0.1, 0.15) is 0 Å². The van der Waals surface area contributed by atoms with E-state index in [1.54, 1.807) is 12.1 Å². The molecular formula is C24H25N3O2. The largest absolute Gasteiger partial charge is 0.343 e. The number of carbonyl (C=O) groups is 2. The third kappa shape index (κ3) is 4.45. The molecule has 2 amide bonds. The van der Waals surface area contributed by atoms with Crippen molar-refractivity contribution in [2.24, 2.45) is 5.92 Å². The molecule has 148 valence electrons. The maximum atomic E-state index is 12.4. The Morgan fingerprint density at radius 3 is 2.69 bits per heavy atom. The smallest absolute Gasteiger partial charge is 0.251 e. The molecule has 2 aromatic carbocycles. The van der Waals surface area contributed by atoms with E-state index in [-0.39, 0.29) is 18.4 Å². The molecule has 1 aliphatic heterocycles. The predicted molar refractivity (Wildman–Crippen MR) is 114 cm³/mol. The summed E-state index contributed by atoms with van der Waals surface area (Å²) in [6, 6.07) is 17.5. The van der Waals surface area contributed by atoms with E-state index in [1.807, 2.05) is 47.5 Å². The number of aromatic nitrogens is 1. The topological polar surface area (TPSA) is 62.3 Å². The molecule has 1 aromatic heterocycles. The minimum atomic E-state index is -0.230. The first-order chi connectivity index (χ1) is 14.1. The quantitative estimate of drug-likeness (QED) is 0.739. The lowest BCUT2D eigenvalue weighted by Gasteiger charge is -2.31. The summed E-state index contributed by atoms with van der Waals surface area (Å²) in [7, 11) is 0. The van der Waals surface area contributed by atoms with Gasteiger partial charge in [0.05, 0.1) is 12.1 Å². The Kier molecular flexibility index (Phi) is 5.56. The molecule has 0 bridgehead atoms. The Balaban J connectivity index is 1.39. The number of rotatable bonds is 4. The zero-order valence-corrected chi connectivity index (χ0v) is 16.6. The van der Waals surface area contributed by atoms with Crippen LogP contribution in [0, 0.1) is 5.92 Å². The first kappa shape index (κ1) is 19.1. The zero-order valence-electron chi connectivity index (χ0n) is 16.6. The number of benzene rings is 2. The summed E-state index contributed by atoms with van der Waals surface area (Å²) in [5.41, 5.74) is 3.51. The van der Waals surface area contributed by atoms with Crippen LogP contribution in [0.25, 0.3) is 22.0 Å². The van der Waals surface area contributed by atoms with Crippen LogP contribution in [0.3, 0.4) is 0 Å². The van der Waals surface area contributed by atoms with Crippen molar-refractivity contribution in [2.75, 3.05) is 19.6 Å². The summed E-state index contributed by atoms with van der Waals surface area (Å²) >= 11 is 0. The number of amides is 2. The Morgan fingerprint density at radius 1 is 1.10 bits per heavy atom. The molecule has 4 rings (SSSR count). The number of piperidine rings is 1. The molecule has 1 saturated heterocycles. The van der Waals surface area contributed by atoms with Gasteiger partial charge in [-0.3, -0.25) is 14.6 Å². The fourth-order valence-corrected chi connectivity index (χ4v) is 3.83. The van der Waals surface area contributed by atoms with E-state index in [2.05, 4.69) is 23.3 Å². The van der Waals surface area contributed by atoms with Crippen molar-refractivity contribution >= 4 is 22.7 Å². The maximum Gasteiger partial charge on any atom is 0.251 e. The van der Waals surface area contributed by atoms with Crippen molar-refractivity contribution < 1.29 is 9.59 Å². The highest BCUT2D eigenvalue weighted by molar-refractivity contribution is 5.97. The fraction of sp³-hybridized carbons (Fsp3) is 0.292. The second-order valence-electron chi connectivity index (χ2n) is 7.76. The maximum absolute atomic E-state index is 12.4. The summed E-state index contributed by atoms with van der Waals surface area (Å²) in [6.45, 7) is 3.77. The molecule has 0 aliphatic carbocycles. The van der Waals surface area contributed by atoms with Crippen molar-refractivity contribution in [2.45, 2.75) is 19.8 Å². The standard InChI is InChI=1S/C24H25N3O2/c1-17-5-4-12-27(16-17)23(28)15-26-24(29)19-10-8-18(9-11-19)21-13-20-6-2-3-7-22(20)25-14-21/h2-3,6-11,13-14,17H,4-5,12,15-16H2,1H3,(H,26,29). The van der Waals surface area contributed by atoms with Gasteiger partial charge in [0.2, 0.25) is 5.91 Å². The summed E-state index contributed by atoms with van der Waals surface area (Å²) < 4.78 is 0. The molecule has 0 spiro atoms. The number of fused-ring (bicyclic) bond motifs is 1. The molecule has 2 heterocycles. The lowest BCUT2D eigenvalue weighted by Crippen LogP contribution is -2.44. The van der Waals surface area contributed by atoms with Crippen LogP contribution in [0.1, 0.15) is 30.1 Å². The van der Waals surface area contributed by atoms with Crippen LogP contribution in [-0.4, -0.2) is 41.3 Å². The number of hydrogen-bond acceptors (Lipinski definition) is 3. The summed E-state index contributed by atoms with van der Waals surface area (Å²) in [6.07, 6.45) is 4.04. The summed E-state index contributed by atoms with van der Waals surface area (Å²) in [4.78, 5) is 31.1. The average Bonchev–Trinajstić information content (AvgIpc) is 2.77. The molecule has 0 saturated carbocycles. The zero-order chi connectivity index (χ0) is 20.2. The number of nitrogens with zero attached hydrogens (tertiary/aromatic N) is 2. The van der Waals surface area contributed by atoms with E-state index in [1.165, 1.54) is 0 Å². The number of likely N-dealkylation sites (tertiary alicyclic amines) is 1. The van der Waals surface area contributed by atoms with E-state index < -0.39 is 0 Å². The van der Waals surface area contributed by atoms with Gasteiger partial charge in [-0.15, -0.1) is 0 Å². The predicted octanol–water partition coefficient (Wildman–Crippen LogP) is 3.89. The molecule has 1 unspecified atom stereocenters. The molecule has 1 aliphatic rings. The van der Waals surface area contributed by atoms with E-state index in [4.69, 9.17) is 0 Å². The highest BCUT2D eigenvalue weighted by Gasteiger charge is 2.21. The molecule has 29 heavy (non-hydrogen) atoms. The van der Waals surface area contributed by atoms with Crippen LogP contribution >= 0.6 is 0 Å². The highest BCUT2D eigenvalue weighted by atomic mass is 16.2. The van der Waals surface area contributed by atoms with Gasteiger partial charge in [0, 0.05) is 35.8 Å². The van der Waals surface area contributed by atoms with Crippen LogP contribution in [0.15, 0.2) is 60.8 Å². The van der Waals surface area contributed by atoms with Gasteiger partial charge in [-0.1, -0.05) is 37.3 Å². The molecular weight excluding hydrogens is 362 g/mol. The Labute approximate surface area is 170 Å². The molecule has 0 radical (unpaired) electrons. The van der Waals surface area contributed by atoms with Crippen molar-refractivity contribution in [3.05, 3.63) is 66.4 Å². The fourth-order valence-electron chi connectivity index (χ4n) is 3.83. The van der Waals surface area contributed by atoms with Gasteiger partial charge in [-0.2, -0.15) is 0 Å². The van der Waals surface area contributed by atoms with Gasteiger partial charge in [-0.25, -0.2) is 0 Å². The number of pyridine rings is 1.